The number of benzene rings is 1. The molecule has 0 atom stereocenters. The molecular formula is C13H18ClNO3S. The molecule has 0 saturated carbocycles. The lowest BCUT2D eigenvalue weighted by atomic mass is 10.2. The minimum atomic E-state index is -0.0142. The number of carbonyl (C=O) groups excluding carboxylic acids is 1. The summed E-state index contributed by atoms with van der Waals surface area (Å²) in [7, 11) is 0. The van der Waals surface area contributed by atoms with Crippen LogP contribution >= 0.6 is 23.4 Å². The lowest BCUT2D eigenvalue weighted by Crippen LogP contribution is -2.29. The van der Waals surface area contributed by atoms with Gasteiger partial charge in [0.25, 0.3) is 0 Å². The number of amides is 1. The summed E-state index contributed by atoms with van der Waals surface area (Å²) in [6, 6.07) is 7.61. The standard InChI is InChI=1S/C13H18ClNO3S/c14-12-3-1-2-11(8-12)9-19-10-13(17)15-4-6-18-7-5-16/h1-3,8,16H,4-7,9-10H2,(H,15,17). The second kappa shape index (κ2) is 10.1. The normalized spacial score (nSPS) is 10.4. The van der Waals surface area contributed by atoms with Crippen molar-refractivity contribution in [3.63, 3.8) is 0 Å². The topological polar surface area (TPSA) is 58.6 Å². The molecule has 6 heteroatoms. The zero-order chi connectivity index (χ0) is 13.9. The Morgan fingerprint density at radius 3 is 3.00 bits per heavy atom. The molecule has 0 bridgehead atoms. The molecule has 106 valence electrons. The lowest BCUT2D eigenvalue weighted by molar-refractivity contribution is -0.118. The highest BCUT2D eigenvalue weighted by Gasteiger charge is 2.01. The summed E-state index contributed by atoms with van der Waals surface area (Å²) in [6.07, 6.45) is 0. The molecule has 1 rings (SSSR count). The maximum Gasteiger partial charge on any atom is 0.230 e. The Hall–Kier alpha value is -0.750. The minimum absolute atomic E-state index is 0.00341. The smallest absolute Gasteiger partial charge is 0.230 e. The molecule has 0 heterocycles. The van der Waals surface area contributed by atoms with Gasteiger partial charge < -0.3 is 15.2 Å². The van der Waals surface area contributed by atoms with Crippen LogP contribution in [0.25, 0.3) is 0 Å². The Bertz CT molecular complexity index is 390. The first-order valence-corrected chi connectivity index (χ1v) is 7.53. The third kappa shape index (κ3) is 8.10. The molecule has 4 nitrogen and oxygen atoms in total. The molecule has 0 aromatic heterocycles. The largest absolute Gasteiger partial charge is 0.394 e. The van der Waals surface area contributed by atoms with Crippen molar-refractivity contribution in [2.24, 2.45) is 0 Å². The number of aliphatic hydroxyl groups excluding tert-OH is 1. The van der Waals surface area contributed by atoms with E-state index < -0.39 is 0 Å². The molecule has 1 aromatic rings. The van der Waals surface area contributed by atoms with E-state index in [-0.39, 0.29) is 12.5 Å². The molecule has 2 N–H and O–H groups in total. The van der Waals surface area contributed by atoms with Crippen molar-refractivity contribution in [2.75, 3.05) is 32.1 Å². The van der Waals surface area contributed by atoms with Gasteiger partial charge in [0.1, 0.15) is 0 Å². The number of carbonyl (C=O) groups is 1. The SMILES string of the molecule is O=C(CSCc1cccc(Cl)c1)NCCOCCO. The first kappa shape index (κ1) is 16.3. The highest BCUT2D eigenvalue weighted by molar-refractivity contribution is 7.99. The summed E-state index contributed by atoms with van der Waals surface area (Å²) in [4.78, 5) is 11.5. The predicted octanol–water partition coefficient (Wildman–Crippen LogP) is 1.70. The van der Waals surface area contributed by atoms with Crippen LogP contribution in [0, 0.1) is 0 Å². The molecule has 1 aromatic carbocycles. The fourth-order valence-corrected chi connectivity index (χ4v) is 2.39. The van der Waals surface area contributed by atoms with Gasteiger partial charge in [-0.25, -0.2) is 0 Å². The fraction of sp³-hybridized carbons (Fsp3) is 0.462. The zero-order valence-electron chi connectivity index (χ0n) is 10.6. The van der Waals surface area contributed by atoms with Crippen molar-refractivity contribution in [1.29, 1.82) is 0 Å². The Morgan fingerprint density at radius 2 is 2.26 bits per heavy atom. The van der Waals surface area contributed by atoms with E-state index in [1.54, 1.807) is 0 Å². The number of ether oxygens (including phenoxy) is 1. The number of halogens is 1. The number of rotatable bonds is 9. The van der Waals surface area contributed by atoms with E-state index in [2.05, 4.69) is 5.32 Å². The van der Waals surface area contributed by atoms with Crippen LogP contribution in [0.15, 0.2) is 24.3 Å². The second-order valence-electron chi connectivity index (χ2n) is 3.81. The van der Waals surface area contributed by atoms with E-state index in [0.29, 0.717) is 30.5 Å². The van der Waals surface area contributed by atoms with E-state index in [0.717, 1.165) is 11.3 Å². The first-order chi connectivity index (χ1) is 9.22. The van der Waals surface area contributed by atoms with Crippen molar-refractivity contribution in [1.82, 2.24) is 5.32 Å². The molecule has 0 radical (unpaired) electrons. The Kier molecular flexibility index (Phi) is 8.66. The third-order valence-electron chi connectivity index (χ3n) is 2.20. The summed E-state index contributed by atoms with van der Waals surface area (Å²) < 4.78 is 5.03. The van der Waals surface area contributed by atoms with Crippen LogP contribution in [0.3, 0.4) is 0 Å². The van der Waals surface area contributed by atoms with Gasteiger partial charge in [-0.2, -0.15) is 0 Å². The van der Waals surface area contributed by atoms with Crippen LogP contribution in [0.2, 0.25) is 5.02 Å². The van der Waals surface area contributed by atoms with E-state index in [1.165, 1.54) is 11.8 Å². The highest BCUT2D eigenvalue weighted by Crippen LogP contribution is 2.16. The van der Waals surface area contributed by atoms with Gasteiger partial charge in [0.15, 0.2) is 0 Å². The number of hydrogen-bond acceptors (Lipinski definition) is 4. The average molecular weight is 304 g/mol. The molecule has 0 aliphatic rings. The molecule has 0 aliphatic carbocycles. The summed E-state index contributed by atoms with van der Waals surface area (Å²) >= 11 is 7.42. The van der Waals surface area contributed by atoms with E-state index in [4.69, 9.17) is 21.4 Å². The maximum absolute atomic E-state index is 11.5. The van der Waals surface area contributed by atoms with Crippen LogP contribution in [0.4, 0.5) is 0 Å². The Balaban J connectivity index is 2.07. The van der Waals surface area contributed by atoms with E-state index in [1.807, 2.05) is 24.3 Å². The lowest BCUT2D eigenvalue weighted by Gasteiger charge is -2.06. The number of nitrogens with one attached hydrogen (secondary N) is 1. The van der Waals surface area contributed by atoms with Gasteiger partial charge in [-0.05, 0) is 17.7 Å². The van der Waals surface area contributed by atoms with Crippen molar-refractivity contribution < 1.29 is 14.6 Å². The van der Waals surface area contributed by atoms with Crippen LogP contribution in [0.1, 0.15) is 5.56 Å². The summed E-state index contributed by atoms with van der Waals surface area (Å²) in [5, 5.41) is 12.0. The van der Waals surface area contributed by atoms with Crippen LogP contribution in [0.5, 0.6) is 0 Å². The van der Waals surface area contributed by atoms with E-state index in [9.17, 15) is 4.79 Å². The summed E-state index contributed by atoms with van der Waals surface area (Å²) in [6.45, 7) is 1.20. The van der Waals surface area contributed by atoms with Crippen LogP contribution in [-0.4, -0.2) is 43.1 Å². The molecule has 1 amide bonds. The molecule has 0 saturated heterocycles. The average Bonchev–Trinajstić information content (AvgIpc) is 2.38. The van der Waals surface area contributed by atoms with Crippen molar-refractivity contribution >= 4 is 29.3 Å². The van der Waals surface area contributed by atoms with Gasteiger partial charge in [-0.15, -0.1) is 11.8 Å². The van der Waals surface area contributed by atoms with E-state index >= 15 is 0 Å². The second-order valence-corrected chi connectivity index (χ2v) is 5.23. The third-order valence-corrected chi connectivity index (χ3v) is 3.43. The Labute approximate surface area is 122 Å². The van der Waals surface area contributed by atoms with Crippen molar-refractivity contribution in [3.8, 4) is 0 Å². The van der Waals surface area contributed by atoms with Crippen LogP contribution < -0.4 is 5.32 Å². The first-order valence-electron chi connectivity index (χ1n) is 6.00. The molecule has 0 aliphatic heterocycles. The van der Waals surface area contributed by atoms with Crippen molar-refractivity contribution in [3.05, 3.63) is 34.9 Å². The number of thioether (sulfide) groups is 1. The molecule has 19 heavy (non-hydrogen) atoms. The predicted molar refractivity (Wildman–Crippen MR) is 78.5 cm³/mol. The maximum atomic E-state index is 11.5. The zero-order valence-corrected chi connectivity index (χ0v) is 12.2. The molecule has 0 fully saturated rings. The van der Waals surface area contributed by atoms with Gasteiger partial charge in [-0.1, -0.05) is 23.7 Å². The molecule has 0 unspecified atom stereocenters. The Morgan fingerprint density at radius 1 is 1.42 bits per heavy atom. The van der Waals surface area contributed by atoms with Gasteiger partial charge in [0, 0.05) is 17.3 Å². The summed E-state index contributed by atoms with van der Waals surface area (Å²) in [5.41, 5.74) is 1.11. The quantitative estimate of drug-likeness (QED) is 0.682. The van der Waals surface area contributed by atoms with Crippen molar-refractivity contribution in [2.45, 2.75) is 5.75 Å². The summed E-state index contributed by atoms with van der Waals surface area (Å²) in [5.74, 6) is 1.15. The molecule has 0 spiro atoms. The monoisotopic (exact) mass is 303 g/mol. The minimum Gasteiger partial charge on any atom is -0.394 e. The number of hydrogen-bond donors (Lipinski definition) is 2. The number of aliphatic hydroxyl groups is 1. The van der Waals surface area contributed by atoms with Crippen LogP contribution in [-0.2, 0) is 15.3 Å². The fourth-order valence-electron chi connectivity index (χ4n) is 1.37. The van der Waals surface area contributed by atoms with Gasteiger partial charge >= 0.3 is 0 Å². The molecular weight excluding hydrogens is 286 g/mol. The van der Waals surface area contributed by atoms with Gasteiger partial charge in [-0.3, -0.25) is 4.79 Å². The van der Waals surface area contributed by atoms with Gasteiger partial charge in [0.05, 0.1) is 25.6 Å². The van der Waals surface area contributed by atoms with Gasteiger partial charge in [0.2, 0.25) is 5.91 Å². The highest BCUT2D eigenvalue weighted by atomic mass is 35.5.